The number of benzene rings is 1. The van der Waals surface area contributed by atoms with Gasteiger partial charge in [0.1, 0.15) is 0 Å². The van der Waals surface area contributed by atoms with Crippen molar-refractivity contribution in [3.8, 4) is 0 Å². The van der Waals surface area contributed by atoms with Gasteiger partial charge in [0, 0.05) is 11.8 Å². The lowest BCUT2D eigenvalue weighted by atomic mass is 10.1. The van der Waals surface area contributed by atoms with E-state index in [1.165, 1.54) is 0 Å². The highest BCUT2D eigenvalue weighted by Crippen LogP contribution is 2.17. The number of amides is 2. The van der Waals surface area contributed by atoms with Gasteiger partial charge in [0.15, 0.2) is 6.23 Å². The molecule has 1 aromatic carbocycles. The molecule has 0 saturated carbocycles. The Morgan fingerprint density at radius 1 is 1.34 bits per heavy atom. The molecule has 1 fully saturated rings. The van der Waals surface area contributed by atoms with Gasteiger partial charge in [-0.3, -0.25) is 15.1 Å². The van der Waals surface area contributed by atoms with Crippen LogP contribution < -0.4 is 21.7 Å². The fourth-order valence-electron chi connectivity index (χ4n) is 3.43. The quantitative estimate of drug-likeness (QED) is 0.530. The summed E-state index contributed by atoms with van der Waals surface area (Å²) in [5.74, 6) is 0.356. The van der Waals surface area contributed by atoms with Gasteiger partial charge < -0.3 is 21.1 Å². The Morgan fingerprint density at radius 3 is 2.86 bits per heavy atom. The Kier molecular flexibility index (Phi) is 7.00. The summed E-state index contributed by atoms with van der Waals surface area (Å²) in [5.41, 5.74) is 7.06. The van der Waals surface area contributed by atoms with E-state index in [1.807, 2.05) is 44.2 Å². The minimum Gasteiger partial charge on any atom is -0.425 e. The molecule has 1 aliphatic rings. The molecule has 0 bridgehead atoms. The zero-order valence-corrected chi connectivity index (χ0v) is 16.9. The maximum Gasteiger partial charge on any atom is 0.413 e. The smallest absolute Gasteiger partial charge is 0.413 e. The van der Waals surface area contributed by atoms with Gasteiger partial charge in [-0.1, -0.05) is 32.0 Å². The molecule has 0 aliphatic carbocycles. The molecule has 5 N–H and O–H groups in total. The molecule has 2 amide bonds. The lowest BCUT2D eigenvalue weighted by molar-refractivity contribution is -0.126. The van der Waals surface area contributed by atoms with Crippen molar-refractivity contribution in [2.45, 2.75) is 39.0 Å². The first-order chi connectivity index (χ1) is 13.9. The van der Waals surface area contributed by atoms with Crippen LogP contribution in [0.15, 0.2) is 36.5 Å². The SMILES string of the molecule is CC(C)C[C@H](NC(=O)[C@H]1C[C@H](CN)CN1)OC(=O)Nc1cnc2ccccc2c1. The second-order valence-corrected chi connectivity index (χ2v) is 7.87. The van der Waals surface area contributed by atoms with Gasteiger partial charge in [-0.25, -0.2) is 4.79 Å². The lowest BCUT2D eigenvalue weighted by Gasteiger charge is -2.23. The van der Waals surface area contributed by atoms with E-state index < -0.39 is 12.3 Å². The van der Waals surface area contributed by atoms with Crippen LogP contribution in [0, 0.1) is 11.8 Å². The number of para-hydroxylation sites is 1. The van der Waals surface area contributed by atoms with Gasteiger partial charge in [-0.05, 0) is 43.5 Å². The highest BCUT2D eigenvalue weighted by molar-refractivity contribution is 5.89. The highest BCUT2D eigenvalue weighted by Gasteiger charge is 2.30. The summed E-state index contributed by atoms with van der Waals surface area (Å²) >= 11 is 0. The molecule has 156 valence electrons. The number of rotatable bonds is 7. The Balaban J connectivity index is 1.59. The number of aromatic nitrogens is 1. The van der Waals surface area contributed by atoms with Crippen LogP contribution in [0.2, 0.25) is 0 Å². The van der Waals surface area contributed by atoms with E-state index in [1.54, 1.807) is 6.20 Å². The van der Waals surface area contributed by atoms with Crippen LogP contribution in [-0.4, -0.2) is 42.3 Å². The van der Waals surface area contributed by atoms with Crippen molar-refractivity contribution in [3.05, 3.63) is 36.5 Å². The summed E-state index contributed by atoms with van der Waals surface area (Å²) in [7, 11) is 0. The molecular formula is C21H29N5O3. The van der Waals surface area contributed by atoms with E-state index in [-0.39, 0.29) is 17.9 Å². The average molecular weight is 399 g/mol. The van der Waals surface area contributed by atoms with Crippen molar-refractivity contribution < 1.29 is 14.3 Å². The van der Waals surface area contributed by atoms with Crippen LogP contribution in [0.25, 0.3) is 10.9 Å². The van der Waals surface area contributed by atoms with E-state index in [0.717, 1.165) is 17.4 Å². The Hall–Kier alpha value is -2.71. The fraction of sp³-hybridized carbons (Fsp3) is 0.476. The third-order valence-electron chi connectivity index (χ3n) is 4.95. The number of carbonyl (C=O) groups excluding carboxylic acids is 2. The second kappa shape index (κ2) is 9.67. The summed E-state index contributed by atoms with van der Waals surface area (Å²) in [4.78, 5) is 29.3. The molecule has 29 heavy (non-hydrogen) atoms. The molecule has 8 heteroatoms. The predicted octanol–water partition coefficient (Wildman–Crippen LogP) is 2.21. The van der Waals surface area contributed by atoms with Crippen LogP contribution in [0.3, 0.4) is 0 Å². The topological polar surface area (TPSA) is 118 Å². The van der Waals surface area contributed by atoms with Crippen LogP contribution in [0.4, 0.5) is 10.5 Å². The molecule has 3 atom stereocenters. The van der Waals surface area contributed by atoms with Crippen molar-refractivity contribution in [2.24, 2.45) is 17.6 Å². The summed E-state index contributed by atoms with van der Waals surface area (Å²) in [6, 6.07) is 9.16. The molecular weight excluding hydrogens is 370 g/mol. The predicted molar refractivity (Wildman–Crippen MR) is 112 cm³/mol. The Bertz CT molecular complexity index is 857. The summed E-state index contributed by atoms with van der Waals surface area (Å²) in [6.45, 7) is 5.28. The van der Waals surface area contributed by atoms with Crippen molar-refractivity contribution in [3.63, 3.8) is 0 Å². The third-order valence-corrected chi connectivity index (χ3v) is 4.95. The second-order valence-electron chi connectivity index (χ2n) is 7.87. The number of nitrogens with zero attached hydrogens (tertiary/aromatic N) is 1. The fourth-order valence-corrected chi connectivity index (χ4v) is 3.43. The monoisotopic (exact) mass is 399 g/mol. The normalized spacial score (nSPS) is 19.9. The van der Waals surface area contributed by atoms with Crippen LogP contribution in [0.1, 0.15) is 26.7 Å². The maximum atomic E-state index is 12.5. The number of nitrogens with two attached hydrogens (primary N) is 1. The van der Waals surface area contributed by atoms with Gasteiger partial charge in [0.2, 0.25) is 5.91 Å². The average Bonchev–Trinajstić information content (AvgIpc) is 3.16. The molecule has 2 heterocycles. The molecule has 8 nitrogen and oxygen atoms in total. The maximum absolute atomic E-state index is 12.5. The molecule has 0 radical (unpaired) electrons. The Labute approximate surface area is 170 Å². The highest BCUT2D eigenvalue weighted by atomic mass is 16.6. The largest absolute Gasteiger partial charge is 0.425 e. The van der Waals surface area contributed by atoms with E-state index in [4.69, 9.17) is 10.5 Å². The number of pyridine rings is 1. The molecule has 2 aromatic rings. The molecule has 0 spiro atoms. The first-order valence-electron chi connectivity index (χ1n) is 10.0. The molecule has 1 aromatic heterocycles. The number of carbonyl (C=O) groups is 2. The molecule has 1 saturated heterocycles. The summed E-state index contributed by atoms with van der Waals surface area (Å²) in [5, 5.41) is 9.62. The van der Waals surface area contributed by atoms with E-state index in [2.05, 4.69) is 20.9 Å². The number of anilines is 1. The third kappa shape index (κ3) is 5.88. The van der Waals surface area contributed by atoms with Crippen LogP contribution in [-0.2, 0) is 9.53 Å². The van der Waals surface area contributed by atoms with E-state index in [9.17, 15) is 9.59 Å². The number of hydrogen-bond donors (Lipinski definition) is 4. The van der Waals surface area contributed by atoms with Gasteiger partial charge in [-0.15, -0.1) is 0 Å². The minimum atomic E-state index is -0.713. The Morgan fingerprint density at radius 2 is 2.14 bits per heavy atom. The van der Waals surface area contributed by atoms with Crippen molar-refractivity contribution >= 4 is 28.6 Å². The zero-order chi connectivity index (χ0) is 20.8. The number of hydrogen-bond acceptors (Lipinski definition) is 6. The number of nitrogens with one attached hydrogen (secondary N) is 3. The van der Waals surface area contributed by atoms with Gasteiger partial charge in [0.25, 0.3) is 0 Å². The van der Waals surface area contributed by atoms with E-state index >= 15 is 0 Å². The zero-order valence-electron chi connectivity index (χ0n) is 16.9. The van der Waals surface area contributed by atoms with Gasteiger partial charge >= 0.3 is 6.09 Å². The summed E-state index contributed by atoms with van der Waals surface area (Å²) < 4.78 is 5.50. The van der Waals surface area contributed by atoms with Gasteiger partial charge in [-0.2, -0.15) is 0 Å². The van der Waals surface area contributed by atoms with E-state index in [0.29, 0.717) is 31.0 Å². The van der Waals surface area contributed by atoms with Crippen molar-refractivity contribution in [1.82, 2.24) is 15.6 Å². The molecule has 0 unspecified atom stereocenters. The molecule has 1 aliphatic heterocycles. The first kappa shape index (κ1) is 21.0. The van der Waals surface area contributed by atoms with Crippen molar-refractivity contribution in [2.75, 3.05) is 18.4 Å². The molecule has 3 rings (SSSR count). The number of ether oxygens (including phenoxy) is 1. The standard InChI is InChI=1S/C21H29N5O3/c1-13(2)7-19(26-20(27)18-8-14(10-22)11-23-18)29-21(28)25-16-9-15-5-3-4-6-17(15)24-12-16/h3-6,9,12-14,18-19,23H,7-8,10-11,22H2,1-2H3,(H,25,28)(H,26,27)/t14-,18-,19-/m1/s1. The number of fused-ring (bicyclic) bond motifs is 1. The lowest BCUT2D eigenvalue weighted by Crippen LogP contribution is -2.47. The van der Waals surface area contributed by atoms with Crippen LogP contribution >= 0.6 is 0 Å². The summed E-state index contributed by atoms with van der Waals surface area (Å²) in [6.07, 6.45) is 1.44. The van der Waals surface area contributed by atoms with Gasteiger partial charge in [0.05, 0.1) is 23.4 Å². The van der Waals surface area contributed by atoms with Crippen molar-refractivity contribution in [1.29, 1.82) is 0 Å². The first-order valence-corrected chi connectivity index (χ1v) is 10.0. The van der Waals surface area contributed by atoms with Crippen LogP contribution in [0.5, 0.6) is 0 Å². The minimum absolute atomic E-state index is 0.174.